The zero-order valence-corrected chi connectivity index (χ0v) is 19.9. The van der Waals surface area contributed by atoms with Gasteiger partial charge in [-0.1, -0.05) is 80.4 Å². The van der Waals surface area contributed by atoms with Crippen molar-refractivity contribution in [1.82, 2.24) is 5.32 Å². The third-order valence-electron chi connectivity index (χ3n) is 5.45. The molecular weight excluding hydrogens is 429 g/mol. The molecule has 0 aromatic heterocycles. The van der Waals surface area contributed by atoms with E-state index in [4.69, 9.17) is 23.2 Å². The van der Waals surface area contributed by atoms with E-state index >= 15 is 0 Å². The summed E-state index contributed by atoms with van der Waals surface area (Å²) in [6.45, 7) is 9.65. The van der Waals surface area contributed by atoms with Crippen LogP contribution in [0.15, 0.2) is 61.2 Å². The Bertz CT molecular complexity index is 921. The van der Waals surface area contributed by atoms with Gasteiger partial charge in [0.25, 0.3) is 0 Å². The third-order valence-corrected chi connectivity index (χ3v) is 5.93. The molecule has 2 rings (SSSR count). The highest BCUT2D eigenvalue weighted by molar-refractivity contribution is 6.31. The quantitative estimate of drug-likeness (QED) is 0.309. The molecule has 0 radical (unpaired) electrons. The van der Waals surface area contributed by atoms with Crippen LogP contribution in [0.5, 0.6) is 0 Å². The van der Waals surface area contributed by atoms with Crippen LogP contribution in [0, 0.1) is 11.3 Å². The molecule has 0 bridgehead atoms. The first-order valence-corrected chi connectivity index (χ1v) is 11.2. The number of hydrogen-bond donors (Lipinski definition) is 2. The second-order valence-corrected chi connectivity index (χ2v) is 9.34. The third kappa shape index (κ3) is 7.24. The molecule has 1 unspecified atom stereocenters. The molecule has 0 aliphatic rings. The second-order valence-electron chi connectivity index (χ2n) is 8.47. The van der Waals surface area contributed by atoms with Crippen LogP contribution >= 0.6 is 23.2 Å². The Kier molecular flexibility index (Phi) is 9.36. The molecule has 2 N–H and O–H groups in total. The molecule has 166 valence electrons. The van der Waals surface area contributed by atoms with Crippen molar-refractivity contribution >= 4 is 40.8 Å². The van der Waals surface area contributed by atoms with Crippen LogP contribution in [0.25, 0.3) is 11.6 Å². The topological polar surface area (TPSA) is 49.3 Å². The minimum Gasteiger partial charge on any atom is -0.394 e. The number of nitrogens with one attached hydrogen (secondary N) is 1. The van der Waals surface area contributed by atoms with E-state index in [1.807, 2.05) is 69.3 Å². The lowest BCUT2D eigenvalue weighted by molar-refractivity contribution is -0.131. The summed E-state index contributed by atoms with van der Waals surface area (Å²) in [5, 5.41) is 14.0. The van der Waals surface area contributed by atoms with Gasteiger partial charge in [-0.05, 0) is 59.7 Å². The monoisotopic (exact) mass is 459 g/mol. The molecule has 0 aliphatic heterocycles. The van der Waals surface area contributed by atoms with Gasteiger partial charge < -0.3 is 10.4 Å². The van der Waals surface area contributed by atoms with E-state index in [-0.39, 0.29) is 24.5 Å². The number of carbonyl (C=O) groups excluding carboxylic acids is 1. The standard InChI is InChI=1S/C26H31Cl2NO2/c1-5-13-26(4,25(31)29-24(17-30)18(2)3)16-21(20-7-6-8-23(28)15-20)14-19-9-11-22(27)12-10-19/h5-12,14-15,18,24,30H,1,13,16-17H2,2-4H3,(H,29,31)/b21-14-/t24?,26-/m0/s1. The number of halogens is 2. The van der Waals surface area contributed by atoms with Crippen LogP contribution in [0.2, 0.25) is 10.0 Å². The molecule has 5 heteroatoms. The second kappa shape index (κ2) is 11.5. The van der Waals surface area contributed by atoms with E-state index in [2.05, 4.69) is 18.0 Å². The van der Waals surface area contributed by atoms with Crippen LogP contribution in [0.3, 0.4) is 0 Å². The van der Waals surface area contributed by atoms with Crippen LogP contribution < -0.4 is 5.32 Å². The summed E-state index contributed by atoms with van der Waals surface area (Å²) in [7, 11) is 0. The zero-order chi connectivity index (χ0) is 23.0. The van der Waals surface area contributed by atoms with Crippen molar-refractivity contribution in [1.29, 1.82) is 0 Å². The maximum absolute atomic E-state index is 13.3. The van der Waals surface area contributed by atoms with Crippen molar-refractivity contribution in [2.24, 2.45) is 11.3 Å². The van der Waals surface area contributed by atoms with Crippen molar-refractivity contribution in [2.75, 3.05) is 6.61 Å². The maximum Gasteiger partial charge on any atom is 0.226 e. The van der Waals surface area contributed by atoms with Gasteiger partial charge in [0.15, 0.2) is 0 Å². The summed E-state index contributed by atoms with van der Waals surface area (Å²) in [6, 6.07) is 14.9. The number of rotatable bonds is 10. The number of amides is 1. The van der Waals surface area contributed by atoms with Crippen LogP contribution in [0.1, 0.15) is 44.7 Å². The van der Waals surface area contributed by atoms with Crippen LogP contribution in [0.4, 0.5) is 0 Å². The molecule has 3 nitrogen and oxygen atoms in total. The normalized spacial score (nSPS) is 14.7. The minimum absolute atomic E-state index is 0.102. The Morgan fingerprint density at radius 1 is 1.16 bits per heavy atom. The van der Waals surface area contributed by atoms with E-state index < -0.39 is 5.41 Å². The lowest BCUT2D eigenvalue weighted by Crippen LogP contribution is -2.47. The summed E-state index contributed by atoms with van der Waals surface area (Å²) < 4.78 is 0. The molecule has 2 aromatic rings. The number of benzene rings is 2. The van der Waals surface area contributed by atoms with Crippen molar-refractivity contribution in [3.63, 3.8) is 0 Å². The van der Waals surface area contributed by atoms with Gasteiger partial charge in [0.1, 0.15) is 0 Å². The molecule has 0 fully saturated rings. The predicted octanol–water partition coefficient (Wildman–Crippen LogP) is 6.64. The minimum atomic E-state index is -0.745. The van der Waals surface area contributed by atoms with Gasteiger partial charge in [-0.15, -0.1) is 6.58 Å². The highest BCUT2D eigenvalue weighted by Gasteiger charge is 2.35. The van der Waals surface area contributed by atoms with E-state index in [9.17, 15) is 9.90 Å². The van der Waals surface area contributed by atoms with Gasteiger partial charge in [0.2, 0.25) is 5.91 Å². The molecule has 2 atom stereocenters. The molecule has 0 aliphatic carbocycles. The van der Waals surface area contributed by atoms with Gasteiger partial charge in [-0.2, -0.15) is 0 Å². The Morgan fingerprint density at radius 2 is 1.84 bits per heavy atom. The lowest BCUT2D eigenvalue weighted by atomic mass is 9.77. The Labute approximate surface area is 195 Å². The summed E-state index contributed by atoms with van der Waals surface area (Å²) in [6.07, 6.45) is 4.79. The molecule has 31 heavy (non-hydrogen) atoms. The molecule has 0 saturated heterocycles. The lowest BCUT2D eigenvalue weighted by Gasteiger charge is -2.32. The summed E-state index contributed by atoms with van der Waals surface area (Å²) >= 11 is 12.3. The van der Waals surface area contributed by atoms with Gasteiger partial charge in [0.05, 0.1) is 18.1 Å². The average Bonchev–Trinajstić information content (AvgIpc) is 2.72. The Morgan fingerprint density at radius 3 is 2.39 bits per heavy atom. The summed E-state index contributed by atoms with van der Waals surface area (Å²) in [5.41, 5.74) is 2.17. The number of hydrogen-bond acceptors (Lipinski definition) is 2. The van der Waals surface area contributed by atoms with Crippen molar-refractivity contribution < 1.29 is 9.90 Å². The molecule has 2 aromatic carbocycles. The van der Waals surface area contributed by atoms with Gasteiger partial charge in [-0.25, -0.2) is 0 Å². The average molecular weight is 460 g/mol. The fourth-order valence-electron chi connectivity index (χ4n) is 3.43. The van der Waals surface area contributed by atoms with Gasteiger partial charge in [0, 0.05) is 10.0 Å². The van der Waals surface area contributed by atoms with E-state index in [1.54, 1.807) is 6.08 Å². The first-order valence-electron chi connectivity index (χ1n) is 10.4. The van der Waals surface area contributed by atoms with Crippen molar-refractivity contribution in [3.05, 3.63) is 82.4 Å². The predicted molar refractivity (Wildman–Crippen MR) is 132 cm³/mol. The first kappa shape index (κ1) is 25.2. The Balaban J connectivity index is 2.46. The number of aliphatic hydroxyl groups is 1. The molecule has 0 spiro atoms. The SMILES string of the molecule is C=CC[C@@](C)(C/C(=C/c1ccc(Cl)cc1)c1cccc(Cl)c1)C(=O)NC(CO)C(C)C. The number of allylic oxidation sites excluding steroid dienone is 2. The fourth-order valence-corrected chi connectivity index (χ4v) is 3.75. The van der Waals surface area contributed by atoms with Gasteiger partial charge >= 0.3 is 0 Å². The van der Waals surface area contributed by atoms with Crippen LogP contribution in [-0.4, -0.2) is 23.7 Å². The summed E-state index contributed by atoms with van der Waals surface area (Å²) in [5.74, 6) is 0.0168. The summed E-state index contributed by atoms with van der Waals surface area (Å²) in [4.78, 5) is 13.3. The van der Waals surface area contributed by atoms with E-state index in [0.29, 0.717) is 22.9 Å². The molecule has 0 saturated carbocycles. The maximum atomic E-state index is 13.3. The Hall–Kier alpha value is -2.07. The zero-order valence-electron chi connectivity index (χ0n) is 18.4. The van der Waals surface area contributed by atoms with Crippen molar-refractivity contribution in [3.8, 4) is 0 Å². The van der Waals surface area contributed by atoms with Crippen molar-refractivity contribution in [2.45, 2.75) is 39.7 Å². The highest BCUT2D eigenvalue weighted by atomic mass is 35.5. The molecular formula is C26H31Cl2NO2. The largest absolute Gasteiger partial charge is 0.394 e. The van der Waals surface area contributed by atoms with E-state index in [0.717, 1.165) is 16.7 Å². The first-order chi connectivity index (χ1) is 14.7. The number of carbonyl (C=O) groups is 1. The van der Waals surface area contributed by atoms with E-state index in [1.165, 1.54) is 0 Å². The molecule has 0 heterocycles. The smallest absolute Gasteiger partial charge is 0.226 e. The van der Waals surface area contributed by atoms with Crippen LogP contribution in [-0.2, 0) is 4.79 Å². The molecule has 1 amide bonds. The fraction of sp³-hybridized carbons (Fsp3) is 0.346. The highest BCUT2D eigenvalue weighted by Crippen LogP contribution is 2.37. The number of aliphatic hydroxyl groups excluding tert-OH is 1. The van der Waals surface area contributed by atoms with Gasteiger partial charge in [-0.3, -0.25) is 4.79 Å².